The number of nitrogens with zero attached hydrogens (tertiary/aromatic N) is 1. The lowest BCUT2D eigenvalue weighted by molar-refractivity contribution is 0.00578. The van der Waals surface area contributed by atoms with Crippen LogP contribution in [0, 0.1) is 6.92 Å². The van der Waals surface area contributed by atoms with Crippen molar-refractivity contribution in [1.82, 2.24) is 4.98 Å². The highest BCUT2D eigenvalue weighted by molar-refractivity contribution is 6.62. The van der Waals surface area contributed by atoms with Crippen LogP contribution in [0.1, 0.15) is 52.0 Å². The van der Waals surface area contributed by atoms with Crippen LogP contribution in [0.15, 0.2) is 12.3 Å². The summed E-state index contributed by atoms with van der Waals surface area (Å²) in [5, 5.41) is 9.73. The number of aliphatic hydroxyl groups excluding tert-OH is 1. The maximum absolute atomic E-state index is 9.73. The standard InChI is InChI=1S/C14H22BNO3/c1-9-11(7-8-16-12(9)10(2)17)15-18-13(3,4)14(5,6)19-15/h7-8,10,17H,1-6H3. The van der Waals surface area contributed by atoms with Gasteiger partial charge in [-0.25, -0.2) is 0 Å². The lowest BCUT2D eigenvalue weighted by Crippen LogP contribution is -2.41. The summed E-state index contributed by atoms with van der Waals surface area (Å²) in [6.45, 7) is 11.8. The molecule has 1 aromatic rings. The van der Waals surface area contributed by atoms with Crippen LogP contribution in [0.25, 0.3) is 0 Å². The highest BCUT2D eigenvalue weighted by Gasteiger charge is 2.52. The zero-order valence-electron chi connectivity index (χ0n) is 12.5. The average Bonchev–Trinajstić information content (AvgIpc) is 2.47. The third kappa shape index (κ3) is 2.42. The molecular formula is C14H22BNO3. The molecule has 0 aromatic carbocycles. The number of aliphatic hydroxyl groups is 1. The van der Waals surface area contributed by atoms with Crippen LogP contribution in [0.5, 0.6) is 0 Å². The molecule has 5 heteroatoms. The first-order chi connectivity index (χ1) is 8.66. The molecule has 2 heterocycles. The topological polar surface area (TPSA) is 51.6 Å². The molecule has 0 bridgehead atoms. The molecule has 19 heavy (non-hydrogen) atoms. The van der Waals surface area contributed by atoms with E-state index in [-0.39, 0.29) is 11.2 Å². The third-order valence-corrected chi connectivity index (χ3v) is 4.19. The van der Waals surface area contributed by atoms with Crippen LogP contribution in [-0.4, -0.2) is 28.4 Å². The van der Waals surface area contributed by atoms with E-state index in [1.54, 1.807) is 13.1 Å². The summed E-state index contributed by atoms with van der Waals surface area (Å²) < 4.78 is 12.1. The molecule has 1 aliphatic heterocycles. The average molecular weight is 263 g/mol. The molecule has 0 aliphatic carbocycles. The Labute approximate surface area is 115 Å². The molecule has 104 valence electrons. The van der Waals surface area contributed by atoms with Crippen LogP contribution >= 0.6 is 0 Å². The minimum absolute atomic E-state index is 0.363. The van der Waals surface area contributed by atoms with E-state index >= 15 is 0 Å². The van der Waals surface area contributed by atoms with Crippen LogP contribution in [0.3, 0.4) is 0 Å². The Morgan fingerprint density at radius 3 is 2.21 bits per heavy atom. The van der Waals surface area contributed by atoms with E-state index in [0.717, 1.165) is 11.0 Å². The van der Waals surface area contributed by atoms with Gasteiger partial charge in [0.25, 0.3) is 0 Å². The normalized spacial score (nSPS) is 22.6. The van der Waals surface area contributed by atoms with Crippen LogP contribution in [0.2, 0.25) is 0 Å². The first-order valence-corrected chi connectivity index (χ1v) is 6.65. The summed E-state index contributed by atoms with van der Waals surface area (Å²) in [5.74, 6) is 0. The SMILES string of the molecule is Cc1c(B2OC(C)(C)C(C)(C)O2)ccnc1C(C)O. The second-order valence-corrected chi connectivity index (χ2v) is 6.17. The van der Waals surface area contributed by atoms with Crippen LogP contribution in [-0.2, 0) is 9.31 Å². The lowest BCUT2D eigenvalue weighted by Gasteiger charge is -2.32. The van der Waals surface area contributed by atoms with Gasteiger partial charge in [0.15, 0.2) is 0 Å². The van der Waals surface area contributed by atoms with Crippen molar-refractivity contribution in [3.05, 3.63) is 23.5 Å². The fraction of sp³-hybridized carbons (Fsp3) is 0.643. The van der Waals surface area contributed by atoms with Gasteiger partial charge in [-0.2, -0.15) is 0 Å². The minimum Gasteiger partial charge on any atom is -0.399 e. The number of rotatable bonds is 2. The molecule has 1 atom stereocenters. The summed E-state index contributed by atoms with van der Waals surface area (Å²) in [7, 11) is -0.412. The second kappa shape index (κ2) is 4.58. The Kier molecular flexibility index (Phi) is 3.50. The highest BCUT2D eigenvalue weighted by atomic mass is 16.7. The van der Waals surface area contributed by atoms with Crippen molar-refractivity contribution in [3.63, 3.8) is 0 Å². The number of aromatic nitrogens is 1. The Balaban J connectivity index is 2.38. The van der Waals surface area contributed by atoms with Crippen molar-refractivity contribution in [1.29, 1.82) is 0 Å². The molecule has 0 spiro atoms. The summed E-state index contributed by atoms with van der Waals surface area (Å²) in [4.78, 5) is 4.22. The van der Waals surface area contributed by atoms with Gasteiger partial charge >= 0.3 is 7.12 Å². The van der Waals surface area contributed by atoms with E-state index in [0.29, 0.717) is 5.69 Å². The third-order valence-electron chi connectivity index (χ3n) is 4.19. The fourth-order valence-corrected chi connectivity index (χ4v) is 2.21. The van der Waals surface area contributed by atoms with Crippen molar-refractivity contribution in [2.75, 3.05) is 0 Å². The molecule has 1 aromatic heterocycles. The fourth-order valence-electron chi connectivity index (χ4n) is 2.21. The Morgan fingerprint density at radius 1 is 1.21 bits per heavy atom. The van der Waals surface area contributed by atoms with Crippen LogP contribution < -0.4 is 5.46 Å². The van der Waals surface area contributed by atoms with E-state index in [4.69, 9.17) is 9.31 Å². The molecule has 1 aliphatic rings. The molecule has 4 nitrogen and oxygen atoms in total. The summed E-state index contributed by atoms with van der Waals surface area (Å²) >= 11 is 0. The number of pyridine rings is 1. The molecule has 1 saturated heterocycles. The Bertz CT molecular complexity index is 470. The van der Waals surface area contributed by atoms with E-state index in [1.165, 1.54) is 0 Å². The summed E-state index contributed by atoms with van der Waals surface area (Å²) in [6, 6.07) is 1.89. The maximum atomic E-state index is 9.73. The van der Waals surface area contributed by atoms with Crippen molar-refractivity contribution < 1.29 is 14.4 Å². The maximum Gasteiger partial charge on any atom is 0.495 e. The van der Waals surface area contributed by atoms with Gasteiger partial charge in [0.05, 0.1) is 23.0 Å². The Morgan fingerprint density at radius 2 is 1.74 bits per heavy atom. The Hall–Kier alpha value is -0.905. The van der Waals surface area contributed by atoms with E-state index in [1.807, 2.05) is 40.7 Å². The monoisotopic (exact) mass is 263 g/mol. The first kappa shape index (κ1) is 14.5. The molecule has 0 saturated carbocycles. The smallest absolute Gasteiger partial charge is 0.399 e. The van der Waals surface area contributed by atoms with Gasteiger partial charge in [-0.15, -0.1) is 0 Å². The first-order valence-electron chi connectivity index (χ1n) is 6.65. The molecule has 1 fully saturated rings. The largest absolute Gasteiger partial charge is 0.495 e. The zero-order chi connectivity index (χ0) is 14.4. The highest BCUT2D eigenvalue weighted by Crippen LogP contribution is 2.36. The predicted molar refractivity (Wildman–Crippen MR) is 75.3 cm³/mol. The second-order valence-electron chi connectivity index (χ2n) is 6.17. The molecule has 1 unspecified atom stereocenters. The van der Waals surface area contributed by atoms with Gasteiger partial charge in [-0.05, 0) is 58.6 Å². The molecule has 0 radical (unpaired) electrons. The number of hydrogen-bond acceptors (Lipinski definition) is 4. The quantitative estimate of drug-likeness (QED) is 0.826. The number of hydrogen-bond donors (Lipinski definition) is 1. The van der Waals surface area contributed by atoms with Crippen molar-refractivity contribution in [2.45, 2.75) is 58.8 Å². The molecular weight excluding hydrogens is 241 g/mol. The summed E-state index contributed by atoms with van der Waals surface area (Å²) in [5.41, 5.74) is 1.81. The molecule has 0 amide bonds. The van der Waals surface area contributed by atoms with Gasteiger partial charge in [0.1, 0.15) is 0 Å². The minimum atomic E-state index is -0.595. The van der Waals surface area contributed by atoms with E-state index < -0.39 is 13.2 Å². The predicted octanol–water partition coefficient (Wildman–Crippen LogP) is 1.74. The van der Waals surface area contributed by atoms with Gasteiger partial charge < -0.3 is 14.4 Å². The van der Waals surface area contributed by atoms with Crippen molar-refractivity contribution in [2.24, 2.45) is 0 Å². The van der Waals surface area contributed by atoms with Gasteiger partial charge in [-0.3, -0.25) is 4.98 Å². The van der Waals surface area contributed by atoms with Gasteiger partial charge in [0.2, 0.25) is 0 Å². The van der Waals surface area contributed by atoms with Gasteiger partial charge in [0, 0.05) is 6.20 Å². The van der Waals surface area contributed by atoms with E-state index in [2.05, 4.69) is 4.98 Å². The van der Waals surface area contributed by atoms with Crippen LogP contribution in [0.4, 0.5) is 0 Å². The molecule has 1 N–H and O–H groups in total. The zero-order valence-corrected chi connectivity index (χ0v) is 12.5. The van der Waals surface area contributed by atoms with Gasteiger partial charge in [-0.1, -0.05) is 0 Å². The molecule has 2 rings (SSSR count). The summed E-state index contributed by atoms with van der Waals surface area (Å²) in [6.07, 6.45) is 1.09. The van der Waals surface area contributed by atoms with Crippen molar-refractivity contribution in [3.8, 4) is 0 Å². The van der Waals surface area contributed by atoms with E-state index in [9.17, 15) is 5.11 Å². The lowest BCUT2D eigenvalue weighted by atomic mass is 9.76. The van der Waals surface area contributed by atoms with Crippen molar-refractivity contribution >= 4 is 12.6 Å².